The Morgan fingerprint density at radius 3 is 2.95 bits per heavy atom. The summed E-state index contributed by atoms with van der Waals surface area (Å²) in [6.45, 7) is 4.65. The Morgan fingerprint density at radius 2 is 2.19 bits per heavy atom. The lowest BCUT2D eigenvalue weighted by molar-refractivity contribution is -0.122. The number of amides is 2. The Labute approximate surface area is 130 Å². The maximum atomic E-state index is 12.1. The summed E-state index contributed by atoms with van der Waals surface area (Å²) in [4.78, 5) is 26.8. The number of para-hydroxylation sites is 1. The van der Waals surface area contributed by atoms with Gasteiger partial charge in [-0.25, -0.2) is 0 Å². The molecule has 1 atom stereocenters. The van der Waals surface area contributed by atoms with Crippen LogP contribution in [-0.4, -0.2) is 30.2 Å². The van der Waals surface area contributed by atoms with E-state index in [0.29, 0.717) is 25.1 Å². The van der Waals surface area contributed by atoms with E-state index in [2.05, 4.69) is 5.32 Å². The van der Waals surface area contributed by atoms with E-state index in [1.54, 1.807) is 11.8 Å². The fourth-order valence-electron chi connectivity index (χ4n) is 2.25. The SMILES string of the molecule is CC[C@H](C)NC(=O)CCCN1C(=O)CSc2ccccc21. The number of carbonyl (C=O) groups is 2. The molecular weight excluding hydrogens is 284 g/mol. The third kappa shape index (κ3) is 4.24. The van der Waals surface area contributed by atoms with Crippen molar-refractivity contribution in [3.8, 4) is 0 Å². The Morgan fingerprint density at radius 1 is 1.43 bits per heavy atom. The van der Waals surface area contributed by atoms with Crippen molar-refractivity contribution < 1.29 is 9.59 Å². The molecule has 0 bridgehead atoms. The van der Waals surface area contributed by atoms with Crippen LogP contribution in [0, 0.1) is 0 Å². The van der Waals surface area contributed by atoms with Crippen molar-refractivity contribution in [2.75, 3.05) is 17.2 Å². The van der Waals surface area contributed by atoms with Gasteiger partial charge in [0.05, 0.1) is 11.4 Å². The summed E-state index contributed by atoms with van der Waals surface area (Å²) in [5.74, 6) is 0.674. The van der Waals surface area contributed by atoms with Gasteiger partial charge >= 0.3 is 0 Å². The van der Waals surface area contributed by atoms with Crippen LogP contribution in [0.15, 0.2) is 29.2 Å². The Kier molecular flexibility index (Phi) is 5.67. The average molecular weight is 306 g/mol. The Balaban J connectivity index is 1.88. The quantitative estimate of drug-likeness (QED) is 0.879. The smallest absolute Gasteiger partial charge is 0.237 e. The molecule has 0 fully saturated rings. The molecule has 0 saturated heterocycles. The number of carbonyl (C=O) groups excluding carboxylic acids is 2. The molecule has 0 aliphatic carbocycles. The van der Waals surface area contributed by atoms with Gasteiger partial charge < -0.3 is 10.2 Å². The van der Waals surface area contributed by atoms with Gasteiger partial charge in [0.25, 0.3) is 0 Å². The number of rotatable bonds is 6. The van der Waals surface area contributed by atoms with E-state index >= 15 is 0 Å². The maximum absolute atomic E-state index is 12.1. The summed E-state index contributed by atoms with van der Waals surface area (Å²) in [5, 5.41) is 2.95. The Hall–Kier alpha value is -1.49. The molecule has 1 aliphatic heterocycles. The van der Waals surface area contributed by atoms with Crippen molar-refractivity contribution in [2.45, 2.75) is 44.0 Å². The lowest BCUT2D eigenvalue weighted by Crippen LogP contribution is -2.37. The molecule has 5 heteroatoms. The third-order valence-electron chi connectivity index (χ3n) is 3.61. The Bertz CT molecular complexity index is 519. The number of hydrogen-bond acceptors (Lipinski definition) is 3. The number of fused-ring (bicyclic) bond motifs is 1. The second kappa shape index (κ2) is 7.50. The summed E-state index contributed by atoms with van der Waals surface area (Å²) in [5.41, 5.74) is 0.973. The van der Waals surface area contributed by atoms with Crippen LogP contribution in [0.1, 0.15) is 33.1 Å². The van der Waals surface area contributed by atoms with Gasteiger partial charge in [-0.2, -0.15) is 0 Å². The molecule has 0 unspecified atom stereocenters. The predicted molar refractivity (Wildman–Crippen MR) is 86.6 cm³/mol. The zero-order valence-corrected chi connectivity index (χ0v) is 13.4. The fraction of sp³-hybridized carbons (Fsp3) is 0.500. The highest BCUT2D eigenvalue weighted by molar-refractivity contribution is 8.00. The predicted octanol–water partition coefficient (Wildman–Crippen LogP) is 2.82. The molecule has 1 heterocycles. The molecular formula is C16H22N2O2S. The summed E-state index contributed by atoms with van der Waals surface area (Å²) in [7, 11) is 0. The van der Waals surface area contributed by atoms with Gasteiger partial charge in [0.1, 0.15) is 0 Å². The first-order valence-electron chi connectivity index (χ1n) is 7.43. The topological polar surface area (TPSA) is 49.4 Å². The van der Waals surface area contributed by atoms with Crippen molar-refractivity contribution in [2.24, 2.45) is 0 Å². The molecule has 114 valence electrons. The summed E-state index contributed by atoms with van der Waals surface area (Å²) < 4.78 is 0. The van der Waals surface area contributed by atoms with Crippen molar-refractivity contribution in [3.63, 3.8) is 0 Å². The van der Waals surface area contributed by atoms with Crippen LogP contribution in [0.5, 0.6) is 0 Å². The molecule has 1 aromatic rings. The zero-order valence-electron chi connectivity index (χ0n) is 12.6. The largest absolute Gasteiger partial charge is 0.354 e. The lowest BCUT2D eigenvalue weighted by atomic mass is 10.2. The molecule has 1 aromatic carbocycles. The number of hydrogen-bond donors (Lipinski definition) is 1. The van der Waals surface area contributed by atoms with Gasteiger partial charge in [-0.05, 0) is 31.9 Å². The van der Waals surface area contributed by atoms with Crippen LogP contribution in [0.25, 0.3) is 0 Å². The normalized spacial score (nSPS) is 15.5. The van der Waals surface area contributed by atoms with Crippen molar-refractivity contribution in [1.82, 2.24) is 5.32 Å². The van der Waals surface area contributed by atoms with E-state index in [1.807, 2.05) is 43.0 Å². The minimum Gasteiger partial charge on any atom is -0.354 e. The first-order chi connectivity index (χ1) is 10.1. The van der Waals surface area contributed by atoms with E-state index in [0.717, 1.165) is 17.0 Å². The second-order valence-corrected chi connectivity index (χ2v) is 6.30. The minimum absolute atomic E-state index is 0.0662. The van der Waals surface area contributed by atoms with Gasteiger partial charge in [-0.1, -0.05) is 19.1 Å². The number of benzene rings is 1. The number of thioether (sulfide) groups is 1. The first kappa shape index (κ1) is 15.9. The van der Waals surface area contributed by atoms with E-state index in [9.17, 15) is 9.59 Å². The zero-order chi connectivity index (χ0) is 15.2. The van der Waals surface area contributed by atoms with Crippen LogP contribution < -0.4 is 10.2 Å². The van der Waals surface area contributed by atoms with Crippen LogP contribution in [-0.2, 0) is 9.59 Å². The van der Waals surface area contributed by atoms with Crippen molar-refractivity contribution >= 4 is 29.3 Å². The average Bonchev–Trinajstić information content (AvgIpc) is 2.49. The highest BCUT2D eigenvalue weighted by atomic mass is 32.2. The van der Waals surface area contributed by atoms with Gasteiger partial charge in [0, 0.05) is 23.9 Å². The molecule has 0 radical (unpaired) electrons. The molecule has 0 spiro atoms. The maximum Gasteiger partial charge on any atom is 0.237 e. The van der Waals surface area contributed by atoms with Gasteiger partial charge in [-0.15, -0.1) is 11.8 Å². The van der Waals surface area contributed by atoms with Crippen LogP contribution in [0.2, 0.25) is 0 Å². The van der Waals surface area contributed by atoms with Crippen LogP contribution in [0.3, 0.4) is 0 Å². The molecule has 21 heavy (non-hydrogen) atoms. The second-order valence-electron chi connectivity index (χ2n) is 5.28. The number of nitrogens with zero attached hydrogens (tertiary/aromatic N) is 1. The first-order valence-corrected chi connectivity index (χ1v) is 8.42. The highest BCUT2D eigenvalue weighted by Gasteiger charge is 2.23. The standard InChI is InChI=1S/C16H22N2O2S/c1-3-12(2)17-15(19)9-6-10-18-13-7-4-5-8-14(13)21-11-16(18)20/h4-5,7-8,12H,3,6,9-11H2,1-2H3,(H,17,19)/t12-/m0/s1. The molecule has 1 aliphatic rings. The van der Waals surface area contributed by atoms with Crippen LogP contribution in [0.4, 0.5) is 5.69 Å². The van der Waals surface area contributed by atoms with Crippen molar-refractivity contribution in [3.05, 3.63) is 24.3 Å². The molecule has 0 saturated carbocycles. The fourth-order valence-corrected chi connectivity index (χ4v) is 3.18. The monoisotopic (exact) mass is 306 g/mol. The molecule has 4 nitrogen and oxygen atoms in total. The van der Waals surface area contributed by atoms with Gasteiger partial charge in [0.2, 0.25) is 11.8 Å². The summed E-state index contributed by atoms with van der Waals surface area (Å²) >= 11 is 1.58. The number of anilines is 1. The van der Waals surface area contributed by atoms with Gasteiger partial charge in [0.15, 0.2) is 0 Å². The lowest BCUT2D eigenvalue weighted by Gasteiger charge is -2.28. The van der Waals surface area contributed by atoms with E-state index in [4.69, 9.17) is 0 Å². The number of nitrogens with one attached hydrogen (secondary N) is 1. The van der Waals surface area contributed by atoms with Crippen molar-refractivity contribution in [1.29, 1.82) is 0 Å². The van der Waals surface area contributed by atoms with E-state index in [1.165, 1.54) is 0 Å². The summed E-state index contributed by atoms with van der Waals surface area (Å²) in [6, 6.07) is 8.15. The van der Waals surface area contributed by atoms with Crippen LogP contribution >= 0.6 is 11.8 Å². The highest BCUT2D eigenvalue weighted by Crippen LogP contribution is 2.34. The van der Waals surface area contributed by atoms with E-state index < -0.39 is 0 Å². The molecule has 2 amide bonds. The van der Waals surface area contributed by atoms with E-state index in [-0.39, 0.29) is 17.9 Å². The van der Waals surface area contributed by atoms with Gasteiger partial charge in [-0.3, -0.25) is 9.59 Å². The summed E-state index contributed by atoms with van der Waals surface area (Å²) in [6.07, 6.45) is 2.08. The minimum atomic E-state index is 0.0662. The molecule has 2 rings (SSSR count). The third-order valence-corrected chi connectivity index (χ3v) is 4.66. The molecule has 0 aromatic heterocycles. The molecule has 1 N–H and O–H groups in total.